The van der Waals surface area contributed by atoms with Gasteiger partial charge in [-0.2, -0.15) is 0 Å². The molecule has 0 bridgehead atoms. The molecule has 3 amide bonds. The molecule has 0 spiro atoms. The smallest absolute Gasteiger partial charge is 0.339 e. The third kappa shape index (κ3) is 3.60. The summed E-state index contributed by atoms with van der Waals surface area (Å²) in [6.45, 7) is 0. The highest BCUT2D eigenvalue weighted by molar-refractivity contribution is 5.98. The fourth-order valence-electron chi connectivity index (χ4n) is 2.64. The number of cyclic esters (lactones) is 1. The quantitative estimate of drug-likeness (QED) is 0.573. The van der Waals surface area contributed by atoms with E-state index in [0.29, 0.717) is 17.5 Å². The van der Waals surface area contributed by atoms with Crippen molar-refractivity contribution in [3.8, 4) is 0 Å². The Hall–Kier alpha value is -3.35. The van der Waals surface area contributed by atoms with Crippen molar-refractivity contribution in [3.63, 3.8) is 0 Å². The van der Waals surface area contributed by atoms with E-state index in [1.807, 2.05) is 30.3 Å². The zero-order valence-corrected chi connectivity index (χ0v) is 13.5. The minimum atomic E-state index is -0.529. The Bertz CT molecular complexity index is 820. The van der Waals surface area contributed by atoms with E-state index in [2.05, 4.69) is 16.2 Å². The lowest BCUT2D eigenvalue weighted by atomic mass is 9.93. The Kier molecular flexibility index (Phi) is 4.65. The highest BCUT2D eigenvalue weighted by Gasteiger charge is 2.28. The maximum atomic E-state index is 12.2. The van der Waals surface area contributed by atoms with Crippen molar-refractivity contribution in [3.05, 3.63) is 70.8 Å². The first-order valence-electron chi connectivity index (χ1n) is 7.75. The molecule has 3 N–H and O–H groups in total. The summed E-state index contributed by atoms with van der Waals surface area (Å²) in [6.07, 6.45) is 0.0956. The molecule has 128 valence electrons. The number of hydrogen-bond acceptors (Lipinski definition) is 4. The van der Waals surface area contributed by atoms with Crippen molar-refractivity contribution >= 4 is 17.9 Å². The summed E-state index contributed by atoms with van der Waals surface area (Å²) < 4.78 is 5.49. The van der Waals surface area contributed by atoms with Crippen LogP contribution in [-0.4, -0.2) is 25.0 Å². The fourth-order valence-corrected chi connectivity index (χ4v) is 2.64. The normalized spacial score (nSPS) is 15.6. The zero-order valence-electron chi connectivity index (χ0n) is 13.5. The maximum absolute atomic E-state index is 12.2. The van der Waals surface area contributed by atoms with E-state index >= 15 is 0 Å². The Morgan fingerprint density at radius 3 is 2.56 bits per heavy atom. The number of hydrogen-bond donors (Lipinski definition) is 3. The van der Waals surface area contributed by atoms with Crippen LogP contribution in [0.2, 0.25) is 0 Å². The van der Waals surface area contributed by atoms with Crippen molar-refractivity contribution in [1.29, 1.82) is 0 Å². The number of carbonyl (C=O) groups excluding carboxylic acids is 3. The van der Waals surface area contributed by atoms with Gasteiger partial charge >= 0.3 is 12.0 Å². The van der Waals surface area contributed by atoms with Crippen LogP contribution >= 0.6 is 0 Å². The molecule has 1 atom stereocenters. The van der Waals surface area contributed by atoms with Crippen LogP contribution in [0.5, 0.6) is 0 Å². The molecule has 0 unspecified atom stereocenters. The van der Waals surface area contributed by atoms with Crippen molar-refractivity contribution in [2.24, 2.45) is 0 Å². The number of nitrogens with one attached hydrogen (secondary N) is 3. The largest absolute Gasteiger partial charge is 0.454 e. The second-order valence-corrected chi connectivity index (χ2v) is 5.54. The summed E-state index contributed by atoms with van der Waals surface area (Å²) in [7, 11) is 1.44. The molecular formula is C18H17N3O4. The minimum Gasteiger partial charge on any atom is -0.454 e. The van der Waals surface area contributed by atoms with Gasteiger partial charge in [0.15, 0.2) is 0 Å². The first kappa shape index (κ1) is 16.5. The summed E-state index contributed by atoms with van der Waals surface area (Å²) >= 11 is 0. The Morgan fingerprint density at radius 2 is 1.84 bits per heavy atom. The van der Waals surface area contributed by atoms with E-state index in [1.54, 1.807) is 12.1 Å². The van der Waals surface area contributed by atoms with Gasteiger partial charge in [-0.15, -0.1) is 0 Å². The van der Waals surface area contributed by atoms with Crippen molar-refractivity contribution < 1.29 is 19.1 Å². The summed E-state index contributed by atoms with van der Waals surface area (Å²) in [4.78, 5) is 35.5. The molecule has 0 fully saturated rings. The van der Waals surface area contributed by atoms with Crippen LogP contribution < -0.4 is 16.2 Å². The molecular weight excluding hydrogens is 322 g/mol. The lowest BCUT2D eigenvalue weighted by molar-refractivity contribution is 0.0252. The van der Waals surface area contributed by atoms with Gasteiger partial charge in [0.25, 0.3) is 5.91 Å². The molecule has 0 saturated heterocycles. The first-order valence-corrected chi connectivity index (χ1v) is 7.75. The van der Waals surface area contributed by atoms with Crippen LogP contribution in [0.15, 0.2) is 48.5 Å². The molecule has 1 heterocycles. The fraction of sp³-hybridized carbons (Fsp3) is 0.167. The van der Waals surface area contributed by atoms with E-state index in [9.17, 15) is 14.4 Å². The summed E-state index contributed by atoms with van der Waals surface area (Å²) in [5.74, 6) is -0.882. The number of hydrazine groups is 1. The number of esters is 1. The Morgan fingerprint density at radius 1 is 1.08 bits per heavy atom. The van der Waals surface area contributed by atoms with Crippen molar-refractivity contribution in [2.45, 2.75) is 12.5 Å². The summed E-state index contributed by atoms with van der Waals surface area (Å²) in [5.41, 5.74) is 6.93. The molecule has 2 aromatic carbocycles. The SMILES string of the molecule is CNC(=O)NNC(=O)c1ccc2c(c1)C[C@@H](c1ccccc1)OC2=O. The molecule has 7 nitrogen and oxygen atoms in total. The van der Waals surface area contributed by atoms with Gasteiger partial charge in [0.2, 0.25) is 0 Å². The van der Waals surface area contributed by atoms with Gasteiger partial charge < -0.3 is 10.1 Å². The van der Waals surface area contributed by atoms with Crippen LogP contribution in [-0.2, 0) is 11.2 Å². The second kappa shape index (κ2) is 7.04. The Labute approximate surface area is 144 Å². The van der Waals surface area contributed by atoms with Gasteiger partial charge in [0.05, 0.1) is 5.56 Å². The monoisotopic (exact) mass is 339 g/mol. The molecule has 1 aliphatic heterocycles. The van der Waals surface area contributed by atoms with Gasteiger partial charge in [0.1, 0.15) is 6.10 Å². The second-order valence-electron chi connectivity index (χ2n) is 5.54. The highest BCUT2D eigenvalue weighted by Crippen LogP contribution is 2.30. The van der Waals surface area contributed by atoms with Crippen LogP contribution in [0, 0.1) is 0 Å². The number of urea groups is 1. The lowest BCUT2D eigenvalue weighted by Gasteiger charge is -2.25. The molecule has 0 aliphatic carbocycles. The number of rotatable bonds is 2. The molecule has 25 heavy (non-hydrogen) atoms. The lowest BCUT2D eigenvalue weighted by Crippen LogP contribution is -2.45. The van der Waals surface area contributed by atoms with Gasteiger partial charge in [-0.05, 0) is 29.3 Å². The van der Waals surface area contributed by atoms with Gasteiger partial charge in [-0.25, -0.2) is 15.0 Å². The van der Waals surface area contributed by atoms with Crippen LogP contribution in [0.4, 0.5) is 4.79 Å². The maximum Gasteiger partial charge on any atom is 0.339 e. The Balaban J connectivity index is 1.80. The number of benzene rings is 2. The number of carbonyl (C=O) groups is 3. The van der Waals surface area contributed by atoms with E-state index in [0.717, 1.165) is 11.1 Å². The molecule has 3 rings (SSSR count). The number of amides is 3. The molecule has 0 saturated carbocycles. The summed E-state index contributed by atoms with van der Waals surface area (Å²) in [6, 6.07) is 13.6. The van der Waals surface area contributed by atoms with E-state index in [1.165, 1.54) is 13.1 Å². The van der Waals surface area contributed by atoms with E-state index in [-0.39, 0.29) is 6.10 Å². The zero-order chi connectivity index (χ0) is 17.8. The van der Waals surface area contributed by atoms with Gasteiger partial charge in [0, 0.05) is 19.0 Å². The van der Waals surface area contributed by atoms with E-state index in [4.69, 9.17) is 4.74 Å². The predicted molar refractivity (Wildman–Crippen MR) is 89.8 cm³/mol. The standard InChI is InChI=1S/C18H17N3O4/c1-19-18(24)21-20-16(22)12-7-8-14-13(9-12)10-15(25-17(14)23)11-5-3-2-4-6-11/h2-9,15H,10H2,1H3,(H,20,22)(H2,19,21,24)/t15-/m0/s1. The average Bonchev–Trinajstić information content (AvgIpc) is 2.65. The molecule has 0 aromatic heterocycles. The number of ether oxygens (including phenoxy) is 1. The molecule has 2 aromatic rings. The predicted octanol–water partition coefficient (Wildman–Crippen LogP) is 1.71. The number of fused-ring (bicyclic) bond motifs is 1. The molecule has 1 aliphatic rings. The van der Waals surface area contributed by atoms with Crippen molar-refractivity contribution in [2.75, 3.05) is 7.05 Å². The van der Waals surface area contributed by atoms with Crippen molar-refractivity contribution in [1.82, 2.24) is 16.2 Å². The third-order valence-electron chi connectivity index (χ3n) is 3.93. The van der Waals surface area contributed by atoms with Gasteiger partial charge in [-0.3, -0.25) is 10.2 Å². The van der Waals surface area contributed by atoms with Crippen LogP contribution in [0.1, 0.15) is 37.9 Å². The van der Waals surface area contributed by atoms with Gasteiger partial charge in [-0.1, -0.05) is 30.3 Å². The summed E-state index contributed by atoms with van der Waals surface area (Å²) in [5, 5.41) is 2.33. The third-order valence-corrected chi connectivity index (χ3v) is 3.93. The topological polar surface area (TPSA) is 96.5 Å². The highest BCUT2D eigenvalue weighted by atomic mass is 16.5. The molecule has 7 heteroatoms. The molecule has 0 radical (unpaired) electrons. The average molecular weight is 339 g/mol. The first-order chi connectivity index (χ1) is 12.1. The van der Waals surface area contributed by atoms with Crippen LogP contribution in [0.25, 0.3) is 0 Å². The minimum absolute atomic E-state index is 0.344. The van der Waals surface area contributed by atoms with E-state index < -0.39 is 17.9 Å². The van der Waals surface area contributed by atoms with Crippen LogP contribution in [0.3, 0.4) is 0 Å².